The first-order valence-corrected chi connectivity index (χ1v) is 24.5. The molecule has 1 saturated heterocycles. The number of terminal acetylenes is 1. The summed E-state index contributed by atoms with van der Waals surface area (Å²) in [7, 11) is -6.88. The van der Waals surface area contributed by atoms with E-state index in [1.165, 1.54) is 33.0 Å². The van der Waals surface area contributed by atoms with Gasteiger partial charge in [0.2, 0.25) is 11.2 Å². The largest absolute Gasteiger partial charge is 0.378 e. The fourth-order valence-electron chi connectivity index (χ4n) is 5.07. The lowest BCUT2D eigenvalue weighted by Crippen LogP contribution is -2.22. The van der Waals surface area contributed by atoms with Crippen LogP contribution in [0.3, 0.4) is 0 Å². The first kappa shape index (κ1) is 48.2. The Bertz CT molecular complexity index is 1680. The van der Waals surface area contributed by atoms with Gasteiger partial charge in [-0.1, -0.05) is 62.4 Å². The first-order chi connectivity index (χ1) is 26.9. The molecule has 0 amide bonds. The number of fused-ring (bicyclic) bond motifs is 1. The molecule has 4 N–H and O–H groups in total. The van der Waals surface area contributed by atoms with Gasteiger partial charge in [-0.25, -0.2) is 14.1 Å². The average molecular weight is 865 g/mol. The molecule has 2 aliphatic rings. The number of nitrogens with zero attached hydrogens (tertiary/aromatic N) is 4. The molecule has 0 bridgehead atoms. The summed E-state index contributed by atoms with van der Waals surface area (Å²) in [6, 6.07) is 9.57. The van der Waals surface area contributed by atoms with Crippen molar-refractivity contribution in [2.24, 2.45) is 0 Å². The zero-order valence-electron chi connectivity index (χ0n) is 32.4. The predicted octanol–water partition coefficient (Wildman–Crippen LogP) is 5.58. The van der Waals surface area contributed by atoms with Crippen molar-refractivity contribution in [2.45, 2.75) is 63.8 Å². The molecule has 5 atom stereocenters. The van der Waals surface area contributed by atoms with Gasteiger partial charge in [0.15, 0.2) is 11.9 Å². The Morgan fingerprint density at radius 3 is 2.21 bits per heavy atom. The number of rotatable bonds is 23. The van der Waals surface area contributed by atoms with E-state index in [1.54, 1.807) is 10.9 Å². The van der Waals surface area contributed by atoms with E-state index in [0.29, 0.717) is 69.2 Å². The number of hydrogen-bond acceptors (Lipinski definition) is 13. The highest BCUT2D eigenvalue weighted by molar-refractivity contribution is 7.85. The zero-order chi connectivity index (χ0) is 40.8. The number of ether oxygens (including phenoxy) is 5. The summed E-state index contributed by atoms with van der Waals surface area (Å²) in [5.74, 6) is 3.11. The monoisotopic (exact) mass is 864 g/mol. The quantitative estimate of drug-likeness (QED) is 0.0398. The van der Waals surface area contributed by atoms with Crippen molar-refractivity contribution in [1.82, 2.24) is 19.7 Å². The van der Waals surface area contributed by atoms with E-state index in [-0.39, 0.29) is 30.3 Å². The molecule has 2 aromatic heterocycles. The Balaban J connectivity index is 0.000000550. The lowest BCUT2D eigenvalue weighted by Gasteiger charge is -2.20. The smallest absolute Gasteiger partial charge is 0.367 e. The van der Waals surface area contributed by atoms with Gasteiger partial charge < -0.3 is 38.8 Å². The van der Waals surface area contributed by atoms with E-state index in [9.17, 15) is 8.77 Å². The van der Waals surface area contributed by atoms with Crippen LogP contribution in [0.4, 0.5) is 5.82 Å². The third-order valence-electron chi connectivity index (χ3n) is 8.06. The molecule has 1 saturated carbocycles. The molecule has 1 aromatic carbocycles. The summed E-state index contributed by atoms with van der Waals surface area (Å²) in [4.78, 5) is 34.8. The highest BCUT2D eigenvalue weighted by Gasteiger charge is 2.38. The van der Waals surface area contributed by atoms with Gasteiger partial charge in [-0.2, -0.15) is 15.1 Å². The summed E-state index contributed by atoms with van der Waals surface area (Å²) >= 11 is 6.37. The minimum atomic E-state index is -4.13. The van der Waals surface area contributed by atoms with Crippen molar-refractivity contribution < 1.29 is 51.7 Å². The molecule has 3 aromatic rings. The number of aromatic nitrogens is 4. The minimum Gasteiger partial charge on any atom is -0.378 e. The van der Waals surface area contributed by atoms with Crippen LogP contribution in [0.1, 0.15) is 63.3 Å². The van der Waals surface area contributed by atoms with Gasteiger partial charge >= 0.3 is 7.60 Å². The normalized spacial score (nSPS) is 18.5. The van der Waals surface area contributed by atoms with Gasteiger partial charge in [-0.15, -0.1) is 6.42 Å². The molecule has 1 aliphatic heterocycles. The molecule has 0 spiro atoms. The average Bonchev–Trinajstić information content (AvgIpc) is 3.87. The third-order valence-corrected chi connectivity index (χ3v) is 13.9. The molecule has 2 fully saturated rings. The highest BCUT2D eigenvalue weighted by Crippen LogP contribution is 2.61. The van der Waals surface area contributed by atoms with Crippen LogP contribution in [0.15, 0.2) is 36.5 Å². The zero-order valence-corrected chi connectivity index (χ0v) is 35.7. The molecule has 5 unspecified atom stereocenters. The maximum absolute atomic E-state index is 13.1. The van der Waals surface area contributed by atoms with Crippen LogP contribution in [0, 0.1) is 12.3 Å². The van der Waals surface area contributed by atoms with Crippen molar-refractivity contribution in [2.75, 3.05) is 89.4 Å². The molecule has 1 aliphatic carbocycles. The fraction of sp³-hybridized carbons (Fsp3) is 0.639. The van der Waals surface area contributed by atoms with Gasteiger partial charge in [-0.05, 0) is 36.4 Å². The molecule has 5 rings (SSSR count). The molecular weight excluding hydrogens is 808 g/mol. The minimum absolute atomic E-state index is 0.103. The second kappa shape index (κ2) is 26.1. The Labute approximate surface area is 337 Å². The van der Waals surface area contributed by atoms with Gasteiger partial charge in [0.05, 0.1) is 77.1 Å². The summed E-state index contributed by atoms with van der Waals surface area (Å²) < 4.78 is 57.5. The van der Waals surface area contributed by atoms with E-state index in [4.69, 9.17) is 56.4 Å². The van der Waals surface area contributed by atoms with Crippen LogP contribution in [0.2, 0.25) is 5.28 Å². The molecule has 3 heterocycles. The first-order valence-electron chi connectivity index (χ1n) is 18.5. The van der Waals surface area contributed by atoms with Crippen LogP contribution in [-0.4, -0.2) is 129 Å². The maximum atomic E-state index is 13.1. The van der Waals surface area contributed by atoms with E-state index in [2.05, 4.69) is 37.8 Å². The molecule has 16 nitrogen and oxygen atoms in total. The van der Waals surface area contributed by atoms with Crippen LogP contribution in [0.25, 0.3) is 11.0 Å². The van der Waals surface area contributed by atoms with Gasteiger partial charge in [-0.3, -0.25) is 8.77 Å². The molecule has 56 heavy (non-hydrogen) atoms. The summed E-state index contributed by atoms with van der Waals surface area (Å²) in [5, 5.41) is 8.88. The lowest BCUT2D eigenvalue weighted by molar-refractivity contribution is -0.00403. The number of nitrogens with one attached hydrogen (secondary N) is 1. The van der Waals surface area contributed by atoms with Crippen LogP contribution in [-0.2, 0) is 43.6 Å². The summed E-state index contributed by atoms with van der Waals surface area (Å²) in [6.45, 7) is 6.76. The second-order valence-electron chi connectivity index (χ2n) is 13.0. The third kappa shape index (κ3) is 19.5. The second-order valence-corrected chi connectivity index (χ2v) is 19.9. The van der Waals surface area contributed by atoms with E-state index < -0.39 is 32.0 Å². The predicted molar refractivity (Wildman–Crippen MR) is 219 cm³/mol. The van der Waals surface area contributed by atoms with Crippen LogP contribution in [0.5, 0.6) is 0 Å². The molecule has 314 valence electrons. The van der Waals surface area contributed by atoms with E-state index >= 15 is 0 Å². The number of hydrogen-bond donors (Lipinski definition) is 4. The van der Waals surface area contributed by atoms with E-state index in [0.717, 1.165) is 30.2 Å². The molecule has 0 radical (unpaired) electrons. The standard InChI is InChI=1S/C30H40ClN5O6S.C3H10O5P2.C3H6/c1-3-12-38-13-14-39-15-16-40-17-18-41-19-20-43(37)22-26(23-8-6-5-7-9-23)33-28-25-21-32-36(29(25)35-30(31)34-28)27-11-10-24(4-2)42-27;1-8-9(2,4)3-10(5,6)7;1-2-3-1/h1,5-9,21,24,26-27H,4,10-20,22H2,2H3,(H,33,34,35);4H,3H2,1-2H3,(H-,5,6,7);1-3H2/p+1. The Morgan fingerprint density at radius 1 is 1.05 bits per heavy atom. The highest BCUT2D eigenvalue weighted by atomic mass is 35.5. The molecule has 20 heteroatoms. The molecular formula is C36H57ClN5O11P2S+. The Kier molecular flexibility index (Phi) is 22.5. The summed E-state index contributed by atoms with van der Waals surface area (Å²) in [5.41, 5.74) is 1.59. The number of benzene rings is 1. The summed E-state index contributed by atoms with van der Waals surface area (Å²) in [6.07, 6.45) is 14.1. The van der Waals surface area contributed by atoms with Crippen molar-refractivity contribution in [3.05, 3.63) is 47.4 Å². The van der Waals surface area contributed by atoms with Crippen molar-refractivity contribution in [3.8, 4) is 12.3 Å². The van der Waals surface area contributed by atoms with Crippen LogP contribution < -0.4 is 5.32 Å². The fourth-order valence-corrected chi connectivity index (χ4v) is 9.55. The van der Waals surface area contributed by atoms with Crippen LogP contribution >= 0.6 is 26.9 Å². The van der Waals surface area contributed by atoms with Crippen molar-refractivity contribution >= 4 is 54.6 Å². The lowest BCUT2D eigenvalue weighted by atomic mass is 10.1. The Hall–Kier alpha value is -2.13. The number of anilines is 1. The number of halogens is 1. The topological polar surface area (TPSA) is 206 Å². The van der Waals surface area contributed by atoms with Gasteiger partial charge in [0.25, 0.3) is 7.72 Å². The van der Waals surface area contributed by atoms with Crippen molar-refractivity contribution in [3.63, 3.8) is 0 Å². The Morgan fingerprint density at radius 2 is 1.68 bits per heavy atom. The van der Waals surface area contributed by atoms with Gasteiger partial charge in [0.1, 0.15) is 19.1 Å². The SMILES string of the molecule is C#CCOCCOCCOCCOCCS(=O)CC(Nc1nc(Cl)nc2c1cnn2C1CCC(CC)O1)c1ccccc1.C1CC1.CO[P+](C)(O)CP(=O)(O)O. The maximum Gasteiger partial charge on any atom is 0.367 e. The van der Waals surface area contributed by atoms with Gasteiger partial charge in [0, 0.05) is 22.3 Å². The van der Waals surface area contributed by atoms with E-state index in [1.807, 2.05) is 30.3 Å². The van der Waals surface area contributed by atoms with Crippen molar-refractivity contribution in [1.29, 1.82) is 0 Å².